The molecule has 0 spiro atoms. The van der Waals surface area contributed by atoms with Crippen LogP contribution in [0.25, 0.3) is 0 Å². The Bertz CT molecular complexity index is 614. The number of phenols is 1. The molecule has 3 atom stereocenters. The molecule has 1 N–H and O–H groups in total. The maximum Gasteiger partial charge on any atom is 0.115 e. The summed E-state index contributed by atoms with van der Waals surface area (Å²) in [5.41, 5.74) is 2.36. The van der Waals surface area contributed by atoms with Crippen LogP contribution in [0.15, 0.2) is 54.6 Å². The minimum absolute atomic E-state index is 0.0923. The van der Waals surface area contributed by atoms with Gasteiger partial charge >= 0.3 is 0 Å². The van der Waals surface area contributed by atoms with Gasteiger partial charge in [-0.25, -0.2) is 0 Å². The molecule has 1 aliphatic heterocycles. The van der Waals surface area contributed by atoms with Crippen molar-refractivity contribution >= 4 is 0 Å². The van der Waals surface area contributed by atoms with E-state index in [1.54, 1.807) is 6.07 Å². The van der Waals surface area contributed by atoms with Gasteiger partial charge in [0.1, 0.15) is 5.75 Å². The van der Waals surface area contributed by atoms with E-state index >= 15 is 0 Å². The molecule has 3 heteroatoms. The zero-order chi connectivity index (χ0) is 15.5. The van der Waals surface area contributed by atoms with Crippen molar-refractivity contribution in [2.75, 3.05) is 6.61 Å². The fourth-order valence-corrected chi connectivity index (χ4v) is 3.24. The Morgan fingerprint density at radius 2 is 1.86 bits per heavy atom. The molecule has 0 amide bonds. The van der Waals surface area contributed by atoms with Gasteiger partial charge < -0.3 is 9.84 Å². The maximum absolute atomic E-state index is 9.66. The summed E-state index contributed by atoms with van der Waals surface area (Å²) >= 11 is 0. The summed E-state index contributed by atoms with van der Waals surface area (Å²) in [7, 11) is 0. The molecular formula is C19H23NO2. The molecule has 22 heavy (non-hydrogen) atoms. The van der Waals surface area contributed by atoms with E-state index in [0.29, 0.717) is 11.8 Å². The number of benzene rings is 2. The van der Waals surface area contributed by atoms with Gasteiger partial charge in [-0.2, -0.15) is 0 Å². The van der Waals surface area contributed by atoms with E-state index < -0.39 is 0 Å². The minimum atomic E-state index is 0.0923. The third-order valence-electron chi connectivity index (χ3n) is 4.45. The van der Waals surface area contributed by atoms with Crippen molar-refractivity contribution in [2.45, 2.75) is 38.6 Å². The highest BCUT2D eigenvalue weighted by Crippen LogP contribution is 2.32. The van der Waals surface area contributed by atoms with Gasteiger partial charge in [-0.3, -0.25) is 4.90 Å². The van der Waals surface area contributed by atoms with E-state index in [1.807, 2.05) is 18.2 Å². The smallest absolute Gasteiger partial charge is 0.115 e. The highest BCUT2D eigenvalue weighted by atomic mass is 16.5. The van der Waals surface area contributed by atoms with Crippen LogP contribution in [0.2, 0.25) is 0 Å². The van der Waals surface area contributed by atoms with Gasteiger partial charge in [0, 0.05) is 18.6 Å². The molecule has 1 fully saturated rings. The van der Waals surface area contributed by atoms with Crippen molar-refractivity contribution < 1.29 is 9.84 Å². The average Bonchev–Trinajstić information content (AvgIpc) is 2.52. The van der Waals surface area contributed by atoms with Crippen molar-refractivity contribution in [2.24, 2.45) is 0 Å². The number of phenolic OH excluding ortho intramolecular Hbond substituents is 1. The summed E-state index contributed by atoms with van der Waals surface area (Å²) in [4.78, 5) is 2.45. The molecule has 1 saturated heterocycles. The summed E-state index contributed by atoms with van der Waals surface area (Å²) in [6.07, 6.45) is 0.0923. The zero-order valence-electron chi connectivity index (χ0n) is 13.1. The third kappa shape index (κ3) is 3.16. The summed E-state index contributed by atoms with van der Waals surface area (Å²) in [5.74, 6) is 0.325. The standard InChI is InChI=1S/C19H23NO2/c1-14-13-22-19(17-8-4-3-5-9-17)15(2)20(14)12-16-7-6-10-18(21)11-16/h3-11,14-15,19,21H,12-13H2,1-2H3/t14-,15+,19+/m1/s1. The van der Waals surface area contributed by atoms with Gasteiger partial charge in [-0.05, 0) is 37.1 Å². The normalized spacial score (nSPS) is 26.0. The lowest BCUT2D eigenvalue weighted by molar-refractivity contribution is -0.0993. The molecule has 0 unspecified atom stereocenters. The number of aromatic hydroxyl groups is 1. The summed E-state index contributed by atoms with van der Waals surface area (Å²) in [5, 5.41) is 9.66. The van der Waals surface area contributed by atoms with Crippen LogP contribution in [0.1, 0.15) is 31.1 Å². The molecule has 0 radical (unpaired) electrons. The van der Waals surface area contributed by atoms with E-state index in [1.165, 1.54) is 5.56 Å². The second kappa shape index (κ2) is 6.51. The maximum atomic E-state index is 9.66. The van der Waals surface area contributed by atoms with E-state index in [-0.39, 0.29) is 12.1 Å². The monoisotopic (exact) mass is 297 g/mol. The number of rotatable bonds is 3. The summed E-state index contributed by atoms with van der Waals surface area (Å²) < 4.78 is 6.09. The molecule has 3 nitrogen and oxygen atoms in total. The molecule has 1 aliphatic rings. The lowest BCUT2D eigenvalue weighted by Gasteiger charge is -2.44. The Kier molecular flexibility index (Phi) is 4.46. The van der Waals surface area contributed by atoms with E-state index in [0.717, 1.165) is 18.7 Å². The van der Waals surface area contributed by atoms with Gasteiger partial charge in [-0.1, -0.05) is 42.5 Å². The van der Waals surface area contributed by atoms with E-state index in [4.69, 9.17) is 4.74 Å². The Labute approximate surface area is 132 Å². The zero-order valence-corrected chi connectivity index (χ0v) is 13.1. The first-order valence-corrected chi connectivity index (χ1v) is 7.85. The van der Waals surface area contributed by atoms with Crippen molar-refractivity contribution in [1.82, 2.24) is 4.90 Å². The Hall–Kier alpha value is -1.84. The molecule has 2 aromatic carbocycles. The molecule has 116 valence electrons. The molecule has 0 aromatic heterocycles. The van der Waals surface area contributed by atoms with Crippen LogP contribution in [0.4, 0.5) is 0 Å². The molecule has 2 aromatic rings. The molecule has 1 heterocycles. The van der Waals surface area contributed by atoms with Crippen LogP contribution >= 0.6 is 0 Å². The molecule has 0 saturated carbocycles. The predicted molar refractivity (Wildman–Crippen MR) is 87.7 cm³/mol. The molecule has 0 bridgehead atoms. The van der Waals surface area contributed by atoms with Crippen LogP contribution in [0.5, 0.6) is 5.75 Å². The SMILES string of the molecule is C[C@@H]1CO[C@H](c2ccccc2)[C@H](C)N1Cc1cccc(O)c1. The topological polar surface area (TPSA) is 32.7 Å². The van der Waals surface area contributed by atoms with E-state index in [2.05, 4.69) is 49.1 Å². The van der Waals surface area contributed by atoms with E-state index in [9.17, 15) is 5.11 Å². The first-order chi connectivity index (χ1) is 10.6. The second-order valence-electron chi connectivity index (χ2n) is 6.10. The highest BCUT2D eigenvalue weighted by Gasteiger charge is 2.33. The van der Waals surface area contributed by atoms with Gasteiger partial charge in [0.2, 0.25) is 0 Å². The fraction of sp³-hybridized carbons (Fsp3) is 0.368. The van der Waals surface area contributed by atoms with Crippen LogP contribution in [-0.4, -0.2) is 28.7 Å². The van der Waals surface area contributed by atoms with Gasteiger partial charge in [0.05, 0.1) is 12.7 Å². The van der Waals surface area contributed by atoms with Gasteiger partial charge in [0.15, 0.2) is 0 Å². The van der Waals surface area contributed by atoms with Crippen molar-refractivity contribution in [3.05, 3.63) is 65.7 Å². The Morgan fingerprint density at radius 1 is 1.09 bits per heavy atom. The lowest BCUT2D eigenvalue weighted by Crippen LogP contribution is -2.50. The first kappa shape index (κ1) is 15.1. The number of hydrogen-bond acceptors (Lipinski definition) is 3. The predicted octanol–water partition coefficient (Wildman–Crippen LogP) is 3.74. The lowest BCUT2D eigenvalue weighted by atomic mass is 9.98. The highest BCUT2D eigenvalue weighted by molar-refractivity contribution is 5.27. The first-order valence-electron chi connectivity index (χ1n) is 7.85. The van der Waals surface area contributed by atoms with Crippen LogP contribution in [-0.2, 0) is 11.3 Å². The quantitative estimate of drug-likeness (QED) is 0.936. The van der Waals surface area contributed by atoms with Crippen LogP contribution in [0.3, 0.4) is 0 Å². The largest absolute Gasteiger partial charge is 0.508 e. The van der Waals surface area contributed by atoms with Gasteiger partial charge in [0.25, 0.3) is 0 Å². The summed E-state index contributed by atoms with van der Waals surface area (Å²) in [6, 6.07) is 18.6. The Morgan fingerprint density at radius 3 is 2.59 bits per heavy atom. The van der Waals surface area contributed by atoms with Gasteiger partial charge in [-0.15, -0.1) is 0 Å². The number of hydrogen-bond donors (Lipinski definition) is 1. The molecule has 0 aliphatic carbocycles. The van der Waals surface area contributed by atoms with Crippen LogP contribution in [0, 0.1) is 0 Å². The number of morpholine rings is 1. The third-order valence-corrected chi connectivity index (χ3v) is 4.45. The minimum Gasteiger partial charge on any atom is -0.508 e. The Balaban J connectivity index is 1.80. The average molecular weight is 297 g/mol. The number of nitrogens with zero attached hydrogens (tertiary/aromatic N) is 1. The molecular weight excluding hydrogens is 274 g/mol. The molecule has 3 rings (SSSR count). The van der Waals surface area contributed by atoms with Crippen molar-refractivity contribution in [1.29, 1.82) is 0 Å². The fourth-order valence-electron chi connectivity index (χ4n) is 3.24. The van der Waals surface area contributed by atoms with Crippen molar-refractivity contribution in [3.8, 4) is 5.75 Å². The number of ether oxygens (including phenoxy) is 1. The van der Waals surface area contributed by atoms with Crippen LogP contribution < -0.4 is 0 Å². The van der Waals surface area contributed by atoms with Crippen molar-refractivity contribution in [3.63, 3.8) is 0 Å². The summed E-state index contributed by atoms with van der Waals surface area (Å²) in [6.45, 7) is 5.96. The second-order valence-corrected chi connectivity index (χ2v) is 6.10.